The van der Waals surface area contributed by atoms with Gasteiger partial charge in [0.05, 0.1) is 29.6 Å². The summed E-state index contributed by atoms with van der Waals surface area (Å²) in [7, 11) is 0. The minimum Gasteiger partial charge on any atom is -0.379 e. The number of halogens is 1. The van der Waals surface area contributed by atoms with Gasteiger partial charge in [-0.1, -0.05) is 25.4 Å². The molecule has 1 aromatic rings. The largest absolute Gasteiger partial charge is 0.379 e. The molecule has 1 heterocycles. The van der Waals surface area contributed by atoms with Gasteiger partial charge >= 0.3 is 0 Å². The third kappa shape index (κ3) is 3.98. The van der Waals surface area contributed by atoms with Crippen LogP contribution in [0.15, 0.2) is 6.20 Å². The van der Waals surface area contributed by atoms with Crippen LogP contribution in [0.2, 0.25) is 5.02 Å². The Labute approximate surface area is 108 Å². The Hall–Kier alpha value is -0.580. The van der Waals surface area contributed by atoms with Crippen LogP contribution in [0.5, 0.6) is 0 Å². The Kier molecular flexibility index (Phi) is 6.55. The molecule has 0 aliphatic rings. The maximum Gasteiger partial charge on any atom is 0.0835 e. The lowest BCUT2D eigenvalue weighted by atomic mass is 10.2. The average molecular weight is 260 g/mol. The minimum atomic E-state index is 0.112. The topological polar surface area (TPSA) is 39.1 Å². The summed E-state index contributed by atoms with van der Waals surface area (Å²) in [5.41, 5.74) is 1.02. The van der Waals surface area contributed by atoms with E-state index in [0.29, 0.717) is 11.6 Å². The molecular weight excluding hydrogens is 238 g/mol. The summed E-state index contributed by atoms with van der Waals surface area (Å²) in [4.78, 5) is 0. The summed E-state index contributed by atoms with van der Waals surface area (Å²) in [6, 6.07) is 0.112. The third-order valence-electron chi connectivity index (χ3n) is 2.55. The zero-order chi connectivity index (χ0) is 12.7. The summed E-state index contributed by atoms with van der Waals surface area (Å²) in [6.45, 7) is 9.34. The van der Waals surface area contributed by atoms with Gasteiger partial charge in [-0.15, -0.1) is 0 Å². The molecule has 0 spiro atoms. The van der Waals surface area contributed by atoms with Gasteiger partial charge in [-0.25, -0.2) is 0 Å². The van der Waals surface area contributed by atoms with E-state index in [9.17, 15) is 0 Å². The average Bonchev–Trinajstić information content (AvgIpc) is 2.69. The first-order chi connectivity index (χ1) is 8.24. The van der Waals surface area contributed by atoms with E-state index in [1.54, 1.807) is 6.20 Å². The van der Waals surface area contributed by atoms with E-state index >= 15 is 0 Å². The lowest BCUT2D eigenvalue weighted by Gasteiger charge is -2.19. The normalized spacial score (nSPS) is 12.9. The molecule has 17 heavy (non-hydrogen) atoms. The number of aromatic nitrogens is 2. The van der Waals surface area contributed by atoms with Gasteiger partial charge in [0.15, 0.2) is 0 Å². The Balaban J connectivity index is 2.76. The van der Waals surface area contributed by atoms with Crippen LogP contribution in [-0.2, 0) is 11.3 Å². The summed E-state index contributed by atoms with van der Waals surface area (Å²) in [5.74, 6) is 0. The van der Waals surface area contributed by atoms with Crippen LogP contribution in [-0.4, -0.2) is 29.5 Å². The number of aryl methyl sites for hydroxylation is 1. The van der Waals surface area contributed by atoms with E-state index < -0.39 is 0 Å². The molecule has 98 valence electrons. The number of rotatable bonds is 8. The molecule has 0 aliphatic heterocycles. The molecule has 5 heteroatoms. The molecule has 0 fully saturated rings. The molecule has 1 aromatic heterocycles. The molecule has 0 aromatic carbocycles. The monoisotopic (exact) mass is 259 g/mol. The van der Waals surface area contributed by atoms with Gasteiger partial charge in [0.25, 0.3) is 0 Å². The van der Waals surface area contributed by atoms with Crippen molar-refractivity contribution in [3.05, 3.63) is 16.9 Å². The molecule has 0 amide bonds. The summed E-state index contributed by atoms with van der Waals surface area (Å²) < 4.78 is 7.54. The zero-order valence-corrected chi connectivity index (χ0v) is 11.6. The van der Waals surface area contributed by atoms with Crippen molar-refractivity contribution < 1.29 is 4.74 Å². The molecule has 1 N–H and O–H groups in total. The van der Waals surface area contributed by atoms with Crippen LogP contribution in [0.1, 0.15) is 38.9 Å². The molecule has 1 atom stereocenters. The van der Waals surface area contributed by atoms with Gasteiger partial charge in [-0.2, -0.15) is 5.10 Å². The zero-order valence-electron chi connectivity index (χ0n) is 10.9. The Morgan fingerprint density at radius 1 is 1.47 bits per heavy atom. The lowest BCUT2D eigenvalue weighted by Crippen LogP contribution is -2.28. The maximum absolute atomic E-state index is 6.19. The smallest absolute Gasteiger partial charge is 0.0835 e. The van der Waals surface area contributed by atoms with Crippen LogP contribution in [0.3, 0.4) is 0 Å². The first kappa shape index (κ1) is 14.5. The van der Waals surface area contributed by atoms with Gasteiger partial charge in [0.2, 0.25) is 0 Å². The highest BCUT2D eigenvalue weighted by Crippen LogP contribution is 2.23. The second kappa shape index (κ2) is 7.69. The number of hydrogen-bond acceptors (Lipinski definition) is 3. The molecule has 0 bridgehead atoms. The number of likely N-dealkylation sites (N-methyl/N-ethyl adjacent to an activating group) is 1. The van der Waals surface area contributed by atoms with Crippen molar-refractivity contribution in [3.8, 4) is 0 Å². The van der Waals surface area contributed by atoms with E-state index in [1.165, 1.54) is 0 Å². The van der Waals surface area contributed by atoms with E-state index in [2.05, 4.69) is 31.2 Å². The molecule has 0 aliphatic carbocycles. The quantitative estimate of drug-likeness (QED) is 0.730. The van der Waals surface area contributed by atoms with Crippen LogP contribution in [0.4, 0.5) is 0 Å². The Morgan fingerprint density at radius 3 is 2.82 bits per heavy atom. The number of ether oxygens (including phenoxy) is 1. The fourth-order valence-corrected chi connectivity index (χ4v) is 2.07. The predicted octanol–water partition coefficient (Wildman–Crippen LogP) is 2.63. The van der Waals surface area contributed by atoms with Crippen molar-refractivity contribution in [1.82, 2.24) is 15.1 Å². The maximum atomic E-state index is 6.19. The van der Waals surface area contributed by atoms with Crippen molar-refractivity contribution in [3.63, 3.8) is 0 Å². The van der Waals surface area contributed by atoms with E-state index in [-0.39, 0.29) is 6.04 Å². The minimum absolute atomic E-state index is 0.112. The van der Waals surface area contributed by atoms with Gasteiger partial charge in [-0.3, -0.25) is 4.68 Å². The molecular formula is C12H22ClN3O. The predicted molar refractivity (Wildman–Crippen MR) is 70.4 cm³/mol. The highest BCUT2D eigenvalue weighted by molar-refractivity contribution is 6.31. The number of nitrogens with zero attached hydrogens (tertiary/aromatic N) is 2. The second-order valence-electron chi connectivity index (χ2n) is 3.88. The molecule has 0 radical (unpaired) electrons. The van der Waals surface area contributed by atoms with Crippen molar-refractivity contribution in [2.24, 2.45) is 0 Å². The summed E-state index contributed by atoms with van der Waals surface area (Å²) in [5, 5.41) is 8.35. The van der Waals surface area contributed by atoms with Crippen LogP contribution >= 0.6 is 11.6 Å². The van der Waals surface area contributed by atoms with Gasteiger partial charge in [0, 0.05) is 13.2 Å². The van der Waals surface area contributed by atoms with E-state index in [4.69, 9.17) is 16.3 Å². The molecule has 0 saturated carbocycles. The van der Waals surface area contributed by atoms with Gasteiger partial charge in [-0.05, 0) is 19.9 Å². The molecule has 0 saturated heterocycles. The third-order valence-corrected chi connectivity index (χ3v) is 2.84. The van der Waals surface area contributed by atoms with Crippen molar-refractivity contribution in [1.29, 1.82) is 0 Å². The Bertz CT molecular complexity index is 328. The Morgan fingerprint density at radius 2 is 2.24 bits per heavy atom. The van der Waals surface area contributed by atoms with Crippen molar-refractivity contribution >= 4 is 11.6 Å². The fraction of sp³-hybridized carbons (Fsp3) is 0.750. The first-order valence-electron chi connectivity index (χ1n) is 6.26. The van der Waals surface area contributed by atoms with Crippen LogP contribution in [0.25, 0.3) is 0 Å². The lowest BCUT2D eigenvalue weighted by molar-refractivity contribution is 0.110. The van der Waals surface area contributed by atoms with E-state index in [0.717, 1.165) is 31.8 Å². The molecule has 1 rings (SSSR count). The summed E-state index contributed by atoms with van der Waals surface area (Å²) in [6.07, 6.45) is 2.73. The second-order valence-corrected chi connectivity index (χ2v) is 4.29. The highest BCUT2D eigenvalue weighted by atomic mass is 35.5. The standard InChI is InChI=1S/C12H22ClN3O/c1-4-7-17-9-11(14-5-2)12-10(13)8-15-16(12)6-3/h8,11,14H,4-7,9H2,1-3H3. The number of nitrogens with one attached hydrogen (secondary N) is 1. The fourth-order valence-electron chi connectivity index (χ4n) is 1.80. The van der Waals surface area contributed by atoms with Crippen molar-refractivity contribution in [2.75, 3.05) is 19.8 Å². The van der Waals surface area contributed by atoms with Crippen LogP contribution < -0.4 is 5.32 Å². The SMILES string of the molecule is CCCOCC(NCC)c1c(Cl)cnn1CC. The van der Waals surface area contributed by atoms with Gasteiger partial charge in [0.1, 0.15) is 0 Å². The highest BCUT2D eigenvalue weighted by Gasteiger charge is 2.19. The molecule has 1 unspecified atom stereocenters. The van der Waals surface area contributed by atoms with Gasteiger partial charge < -0.3 is 10.1 Å². The van der Waals surface area contributed by atoms with Crippen LogP contribution in [0, 0.1) is 0 Å². The van der Waals surface area contributed by atoms with Crippen molar-refractivity contribution in [2.45, 2.75) is 39.8 Å². The molecule has 4 nitrogen and oxygen atoms in total. The number of hydrogen-bond donors (Lipinski definition) is 1. The van der Waals surface area contributed by atoms with E-state index in [1.807, 2.05) is 4.68 Å². The first-order valence-corrected chi connectivity index (χ1v) is 6.64. The summed E-state index contributed by atoms with van der Waals surface area (Å²) >= 11 is 6.19.